The van der Waals surface area contributed by atoms with Gasteiger partial charge in [-0.3, -0.25) is 9.10 Å². The van der Waals surface area contributed by atoms with Crippen LogP contribution >= 0.6 is 22.9 Å². The molecule has 0 saturated heterocycles. The van der Waals surface area contributed by atoms with E-state index in [1.54, 1.807) is 47.7 Å². The maximum Gasteiger partial charge on any atom is 0.245 e. The third-order valence-electron chi connectivity index (χ3n) is 4.76. The molecule has 6 nitrogen and oxygen atoms in total. The average Bonchev–Trinajstić information content (AvgIpc) is 3.16. The Labute approximate surface area is 195 Å². The number of nitrogens with one attached hydrogen (secondary N) is 1. The van der Waals surface area contributed by atoms with E-state index < -0.39 is 15.9 Å². The highest BCUT2D eigenvalue weighted by molar-refractivity contribution is 7.92. The Hall–Kier alpha value is -2.94. The zero-order chi connectivity index (χ0) is 22.9. The number of halogens is 1. The van der Waals surface area contributed by atoms with Gasteiger partial charge in [-0.2, -0.15) is 0 Å². The van der Waals surface area contributed by atoms with Crippen LogP contribution in [-0.2, 0) is 14.8 Å². The molecule has 1 amide bonds. The molecule has 1 heterocycles. The number of hydrogen-bond acceptors (Lipinski definition) is 5. The van der Waals surface area contributed by atoms with Crippen LogP contribution < -0.4 is 9.62 Å². The summed E-state index contributed by atoms with van der Waals surface area (Å²) >= 11 is 7.49. The lowest BCUT2D eigenvalue weighted by molar-refractivity contribution is -0.114. The van der Waals surface area contributed by atoms with Crippen LogP contribution in [0.2, 0.25) is 5.02 Å². The first-order chi connectivity index (χ1) is 15.2. The maximum absolute atomic E-state index is 12.6. The van der Waals surface area contributed by atoms with Crippen LogP contribution in [0.3, 0.4) is 0 Å². The third-order valence-corrected chi connectivity index (χ3v) is 7.22. The van der Waals surface area contributed by atoms with E-state index >= 15 is 0 Å². The molecule has 9 heteroatoms. The molecule has 32 heavy (non-hydrogen) atoms. The minimum Gasteiger partial charge on any atom is -0.325 e. The Bertz CT molecular complexity index is 1380. The average molecular weight is 486 g/mol. The van der Waals surface area contributed by atoms with Gasteiger partial charge in [-0.25, -0.2) is 13.4 Å². The van der Waals surface area contributed by atoms with Gasteiger partial charge in [0.1, 0.15) is 11.6 Å². The van der Waals surface area contributed by atoms with Crippen LogP contribution in [0.25, 0.3) is 20.8 Å². The van der Waals surface area contributed by atoms with E-state index in [0.29, 0.717) is 16.4 Å². The summed E-state index contributed by atoms with van der Waals surface area (Å²) in [6.07, 6.45) is 1.06. The first-order valence-corrected chi connectivity index (χ1v) is 12.7. The lowest BCUT2D eigenvalue weighted by Crippen LogP contribution is -2.37. The number of carbonyl (C=O) groups is 1. The molecule has 3 aromatic carbocycles. The fourth-order valence-electron chi connectivity index (χ4n) is 3.19. The second kappa shape index (κ2) is 8.90. The monoisotopic (exact) mass is 485 g/mol. The number of thiazole rings is 1. The zero-order valence-corrected chi connectivity index (χ0v) is 19.8. The van der Waals surface area contributed by atoms with Crippen molar-refractivity contribution in [3.05, 3.63) is 77.3 Å². The Morgan fingerprint density at radius 3 is 2.41 bits per heavy atom. The van der Waals surface area contributed by atoms with Crippen molar-refractivity contribution in [1.29, 1.82) is 0 Å². The molecule has 0 aliphatic rings. The van der Waals surface area contributed by atoms with Gasteiger partial charge >= 0.3 is 0 Å². The minimum atomic E-state index is -3.65. The van der Waals surface area contributed by atoms with Crippen molar-refractivity contribution >= 4 is 60.5 Å². The van der Waals surface area contributed by atoms with Crippen LogP contribution in [0.4, 0.5) is 11.4 Å². The highest BCUT2D eigenvalue weighted by atomic mass is 35.5. The molecule has 0 atom stereocenters. The molecule has 0 bridgehead atoms. The number of benzene rings is 3. The van der Waals surface area contributed by atoms with Gasteiger partial charge in [0, 0.05) is 16.3 Å². The first-order valence-electron chi connectivity index (χ1n) is 9.70. The predicted molar refractivity (Wildman–Crippen MR) is 132 cm³/mol. The SMILES string of the molecule is Cc1ccc2nc(-c3ccc(NC(=O)CN(c4ccc(Cl)cc4)S(C)(=O)=O)cc3)sc2c1. The molecule has 164 valence electrons. The Kier molecular flexibility index (Phi) is 6.19. The number of anilines is 2. The van der Waals surface area contributed by atoms with E-state index in [0.717, 1.165) is 31.3 Å². The number of aromatic nitrogens is 1. The molecule has 4 rings (SSSR count). The molecule has 0 fully saturated rings. The zero-order valence-electron chi connectivity index (χ0n) is 17.4. The number of carbonyl (C=O) groups excluding carboxylic acids is 1. The summed E-state index contributed by atoms with van der Waals surface area (Å²) < 4.78 is 26.6. The van der Waals surface area contributed by atoms with Gasteiger partial charge in [-0.1, -0.05) is 17.7 Å². The van der Waals surface area contributed by atoms with Crippen LogP contribution in [0, 0.1) is 6.92 Å². The smallest absolute Gasteiger partial charge is 0.245 e. The number of rotatable bonds is 6. The standard InChI is InChI=1S/C23H20ClN3O3S2/c1-15-3-12-20-21(13-15)31-23(26-20)16-4-8-18(9-5-16)25-22(28)14-27(32(2,29)30)19-10-6-17(24)7-11-19/h3-13H,14H2,1-2H3,(H,25,28). The molecule has 1 N–H and O–H groups in total. The van der Waals surface area contributed by atoms with Crippen molar-refractivity contribution in [1.82, 2.24) is 4.98 Å². The lowest BCUT2D eigenvalue weighted by Gasteiger charge is -2.22. The number of fused-ring (bicyclic) bond motifs is 1. The molecule has 1 aromatic heterocycles. The highest BCUT2D eigenvalue weighted by Crippen LogP contribution is 2.31. The van der Waals surface area contributed by atoms with Gasteiger partial charge in [0.25, 0.3) is 0 Å². The second-order valence-corrected chi connectivity index (χ2v) is 10.7. The number of amides is 1. The topological polar surface area (TPSA) is 79.4 Å². The van der Waals surface area contributed by atoms with Crippen LogP contribution in [0.5, 0.6) is 0 Å². The Morgan fingerprint density at radius 2 is 1.75 bits per heavy atom. The van der Waals surface area contributed by atoms with Gasteiger partial charge in [-0.05, 0) is 73.2 Å². The van der Waals surface area contributed by atoms with Crippen molar-refractivity contribution < 1.29 is 13.2 Å². The Balaban J connectivity index is 1.48. The van der Waals surface area contributed by atoms with Crippen LogP contribution in [0.15, 0.2) is 66.7 Å². The maximum atomic E-state index is 12.6. The molecular formula is C23H20ClN3O3S2. The van der Waals surface area contributed by atoms with Gasteiger partial charge in [0.05, 0.1) is 22.2 Å². The molecule has 0 spiro atoms. The highest BCUT2D eigenvalue weighted by Gasteiger charge is 2.21. The number of hydrogen-bond donors (Lipinski definition) is 1. The van der Waals surface area contributed by atoms with Gasteiger partial charge in [0.15, 0.2) is 0 Å². The van der Waals surface area contributed by atoms with Crippen molar-refractivity contribution in [3.63, 3.8) is 0 Å². The lowest BCUT2D eigenvalue weighted by atomic mass is 10.2. The molecule has 0 aliphatic heterocycles. The number of nitrogens with zero attached hydrogens (tertiary/aromatic N) is 2. The molecule has 0 saturated carbocycles. The van der Waals surface area contributed by atoms with Crippen molar-refractivity contribution in [2.45, 2.75) is 6.92 Å². The minimum absolute atomic E-state index is 0.348. The molecule has 0 radical (unpaired) electrons. The number of aryl methyl sites for hydroxylation is 1. The van der Waals surface area contributed by atoms with Crippen LogP contribution in [0.1, 0.15) is 5.56 Å². The van der Waals surface area contributed by atoms with E-state index in [4.69, 9.17) is 11.6 Å². The summed E-state index contributed by atoms with van der Waals surface area (Å²) in [5.74, 6) is -0.450. The van der Waals surface area contributed by atoms with E-state index in [1.165, 1.54) is 5.56 Å². The summed E-state index contributed by atoms with van der Waals surface area (Å²) in [6.45, 7) is 1.70. The molecular weight excluding hydrogens is 466 g/mol. The van der Waals surface area contributed by atoms with Gasteiger partial charge < -0.3 is 5.32 Å². The van der Waals surface area contributed by atoms with E-state index in [1.807, 2.05) is 31.2 Å². The number of sulfonamides is 1. The van der Waals surface area contributed by atoms with Crippen molar-refractivity contribution in [3.8, 4) is 10.6 Å². The van der Waals surface area contributed by atoms with Crippen molar-refractivity contribution in [2.75, 3.05) is 22.4 Å². The first kappa shape index (κ1) is 22.3. The summed E-state index contributed by atoms with van der Waals surface area (Å²) in [4.78, 5) is 17.2. The molecule has 4 aromatic rings. The summed E-state index contributed by atoms with van der Waals surface area (Å²) in [5, 5.41) is 4.13. The summed E-state index contributed by atoms with van der Waals surface area (Å²) in [5.41, 5.74) is 4.03. The van der Waals surface area contributed by atoms with Gasteiger partial charge in [-0.15, -0.1) is 11.3 Å². The summed E-state index contributed by atoms with van der Waals surface area (Å²) in [6, 6.07) is 19.7. The summed E-state index contributed by atoms with van der Waals surface area (Å²) in [7, 11) is -3.65. The van der Waals surface area contributed by atoms with E-state index in [9.17, 15) is 13.2 Å². The molecule has 0 unspecified atom stereocenters. The fraction of sp³-hybridized carbons (Fsp3) is 0.130. The Morgan fingerprint density at radius 1 is 1.06 bits per heavy atom. The molecule has 0 aliphatic carbocycles. The normalized spacial score (nSPS) is 11.5. The van der Waals surface area contributed by atoms with E-state index in [-0.39, 0.29) is 6.54 Å². The fourth-order valence-corrected chi connectivity index (χ4v) is 5.24. The predicted octanol–water partition coefficient (Wildman–Crippen LogP) is 5.33. The van der Waals surface area contributed by atoms with Crippen molar-refractivity contribution in [2.24, 2.45) is 0 Å². The quantitative estimate of drug-likeness (QED) is 0.400. The van der Waals surface area contributed by atoms with Crippen LogP contribution in [-0.4, -0.2) is 32.1 Å². The third kappa shape index (κ3) is 5.09. The van der Waals surface area contributed by atoms with Gasteiger partial charge in [0.2, 0.25) is 15.9 Å². The largest absolute Gasteiger partial charge is 0.325 e. The second-order valence-electron chi connectivity index (χ2n) is 7.36. The van der Waals surface area contributed by atoms with E-state index in [2.05, 4.69) is 16.4 Å².